The molecule has 0 radical (unpaired) electrons. The molecule has 2 aliphatic rings. The summed E-state index contributed by atoms with van der Waals surface area (Å²) in [6.45, 7) is 1.73. The Morgan fingerprint density at radius 2 is 1.61 bits per heavy atom. The minimum atomic E-state index is -0.158. The number of benzene rings is 3. The number of hydrogen-bond acceptors (Lipinski definition) is 3. The van der Waals surface area contributed by atoms with Crippen molar-refractivity contribution in [3.05, 3.63) is 89.5 Å². The van der Waals surface area contributed by atoms with Gasteiger partial charge in [0.25, 0.3) is 5.91 Å². The van der Waals surface area contributed by atoms with E-state index < -0.39 is 0 Å². The normalized spacial score (nSPS) is 14.8. The van der Waals surface area contributed by atoms with Crippen LogP contribution in [0.3, 0.4) is 0 Å². The Morgan fingerprint density at radius 3 is 2.42 bits per heavy atom. The summed E-state index contributed by atoms with van der Waals surface area (Å²) >= 11 is 0. The van der Waals surface area contributed by atoms with Crippen molar-refractivity contribution in [2.45, 2.75) is 25.8 Å². The van der Waals surface area contributed by atoms with Gasteiger partial charge in [0.15, 0.2) is 0 Å². The lowest BCUT2D eigenvalue weighted by Gasteiger charge is -2.21. The third-order valence-corrected chi connectivity index (χ3v) is 5.97. The molecule has 3 aromatic rings. The van der Waals surface area contributed by atoms with Gasteiger partial charge in [-0.05, 0) is 66.8 Å². The zero-order valence-corrected chi connectivity index (χ0v) is 17.3. The Labute approximate surface area is 182 Å². The molecule has 1 heterocycles. The summed E-state index contributed by atoms with van der Waals surface area (Å²) in [6.07, 6.45) is 2.98. The van der Waals surface area contributed by atoms with Gasteiger partial charge in [0.2, 0.25) is 5.91 Å². The Hall–Kier alpha value is -3.60. The molecule has 0 saturated heterocycles. The van der Waals surface area contributed by atoms with Crippen LogP contribution >= 0.6 is 0 Å². The third kappa shape index (κ3) is 4.31. The van der Waals surface area contributed by atoms with Crippen molar-refractivity contribution in [1.29, 1.82) is 0 Å². The summed E-state index contributed by atoms with van der Waals surface area (Å²) in [4.78, 5) is 27.1. The molecule has 31 heavy (non-hydrogen) atoms. The van der Waals surface area contributed by atoms with Crippen LogP contribution in [0.15, 0.2) is 72.8 Å². The van der Waals surface area contributed by atoms with Gasteiger partial charge in [0.05, 0.1) is 0 Å². The molecule has 1 saturated carbocycles. The lowest BCUT2D eigenvalue weighted by molar-refractivity contribution is -0.117. The summed E-state index contributed by atoms with van der Waals surface area (Å²) in [5, 5.41) is 5.96. The van der Waals surface area contributed by atoms with Gasteiger partial charge in [0.1, 0.15) is 0 Å². The van der Waals surface area contributed by atoms with Crippen LogP contribution in [0.1, 0.15) is 34.3 Å². The van der Waals surface area contributed by atoms with E-state index >= 15 is 0 Å². The zero-order valence-electron chi connectivity index (χ0n) is 17.3. The fourth-order valence-corrected chi connectivity index (χ4v) is 4.05. The number of carbonyl (C=O) groups is 2. The number of fused-ring (bicyclic) bond motifs is 1. The van der Waals surface area contributed by atoms with Crippen LogP contribution in [-0.4, -0.2) is 18.4 Å². The highest BCUT2D eigenvalue weighted by Crippen LogP contribution is 2.31. The molecule has 3 aromatic carbocycles. The van der Waals surface area contributed by atoms with E-state index in [0.29, 0.717) is 5.56 Å². The topological polar surface area (TPSA) is 61.4 Å². The molecule has 5 nitrogen and oxygen atoms in total. The van der Waals surface area contributed by atoms with Crippen molar-refractivity contribution in [3.8, 4) is 0 Å². The Balaban J connectivity index is 1.27. The van der Waals surface area contributed by atoms with Gasteiger partial charge in [-0.25, -0.2) is 0 Å². The maximum absolute atomic E-state index is 12.8. The van der Waals surface area contributed by atoms with E-state index in [2.05, 4.69) is 45.9 Å². The van der Waals surface area contributed by atoms with Crippen LogP contribution in [0.5, 0.6) is 0 Å². The minimum Gasteiger partial charge on any atom is -0.367 e. The second-order valence-electron chi connectivity index (χ2n) is 8.25. The van der Waals surface area contributed by atoms with Crippen molar-refractivity contribution in [2.75, 3.05) is 22.1 Å². The first-order valence-corrected chi connectivity index (χ1v) is 10.8. The van der Waals surface area contributed by atoms with Crippen molar-refractivity contribution in [3.63, 3.8) is 0 Å². The molecule has 5 heteroatoms. The zero-order chi connectivity index (χ0) is 21.2. The second kappa shape index (κ2) is 8.26. The lowest BCUT2D eigenvalue weighted by atomic mass is 10.1. The van der Waals surface area contributed by atoms with Crippen molar-refractivity contribution >= 4 is 28.9 Å². The Morgan fingerprint density at radius 1 is 0.871 bits per heavy atom. The molecule has 156 valence electrons. The minimum absolute atomic E-state index is 0.0645. The van der Waals surface area contributed by atoms with Crippen LogP contribution in [-0.2, 0) is 17.8 Å². The number of anilines is 3. The first-order valence-electron chi connectivity index (χ1n) is 10.8. The monoisotopic (exact) mass is 411 g/mol. The number of para-hydroxylation sites is 2. The summed E-state index contributed by atoms with van der Waals surface area (Å²) < 4.78 is 0. The highest BCUT2D eigenvalue weighted by atomic mass is 16.2. The standard InChI is InChI=1S/C26H25N3O2/c30-25(19-9-10-19)27-22-13-11-20(12-14-22)26(31)28-23-7-3-1-6-21(23)17-29-16-15-18-5-2-4-8-24(18)29/h1-8,11-14,19H,9-10,15-17H2,(H,27,30)(H,28,31). The predicted molar refractivity (Wildman–Crippen MR) is 123 cm³/mol. The Bertz CT molecular complexity index is 1120. The van der Waals surface area contributed by atoms with E-state index in [1.807, 2.05) is 18.2 Å². The van der Waals surface area contributed by atoms with Gasteiger partial charge in [0, 0.05) is 41.6 Å². The van der Waals surface area contributed by atoms with E-state index in [9.17, 15) is 9.59 Å². The van der Waals surface area contributed by atoms with Crippen molar-refractivity contribution in [1.82, 2.24) is 0 Å². The maximum atomic E-state index is 12.8. The summed E-state index contributed by atoms with van der Waals surface area (Å²) in [5.74, 6) is 0.0611. The number of amides is 2. The fourth-order valence-electron chi connectivity index (χ4n) is 4.05. The maximum Gasteiger partial charge on any atom is 0.255 e. The van der Waals surface area contributed by atoms with Gasteiger partial charge in [-0.2, -0.15) is 0 Å². The van der Waals surface area contributed by atoms with Gasteiger partial charge in [-0.1, -0.05) is 36.4 Å². The van der Waals surface area contributed by atoms with E-state index in [0.717, 1.165) is 49.3 Å². The molecule has 1 fully saturated rings. The van der Waals surface area contributed by atoms with Gasteiger partial charge in [-0.15, -0.1) is 0 Å². The number of rotatable bonds is 6. The van der Waals surface area contributed by atoms with Crippen LogP contribution in [0.4, 0.5) is 17.1 Å². The number of nitrogens with one attached hydrogen (secondary N) is 2. The first-order chi connectivity index (χ1) is 15.2. The molecule has 5 rings (SSSR count). The van der Waals surface area contributed by atoms with Gasteiger partial charge >= 0.3 is 0 Å². The molecule has 0 atom stereocenters. The van der Waals surface area contributed by atoms with Crippen LogP contribution in [0.25, 0.3) is 0 Å². The molecular weight excluding hydrogens is 386 g/mol. The predicted octanol–water partition coefficient (Wildman–Crippen LogP) is 4.85. The summed E-state index contributed by atoms with van der Waals surface area (Å²) in [5.41, 5.74) is 5.83. The summed E-state index contributed by atoms with van der Waals surface area (Å²) in [6, 6.07) is 23.5. The van der Waals surface area contributed by atoms with Crippen LogP contribution in [0.2, 0.25) is 0 Å². The molecule has 0 spiro atoms. The smallest absolute Gasteiger partial charge is 0.255 e. The first kappa shape index (κ1) is 19.4. The largest absolute Gasteiger partial charge is 0.367 e. The van der Waals surface area contributed by atoms with Crippen LogP contribution < -0.4 is 15.5 Å². The number of carbonyl (C=O) groups excluding carboxylic acids is 2. The second-order valence-corrected chi connectivity index (χ2v) is 8.25. The van der Waals surface area contributed by atoms with E-state index in [1.165, 1.54) is 11.3 Å². The Kier molecular flexibility index (Phi) is 5.16. The molecular formula is C26H25N3O2. The highest BCUT2D eigenvalue weighted by Gasteiger charge is 2.29. The lowest BCUT2D eigenvalue weighted by Crippen LogP contribution is -2.21. The van der Waals surface area contributed by atoms with Crippen molar-refractivity contribution in [2.24, 2.45) is 5.92 Å². The SMILES string of the molecule is O=C(Nc1ccccc1CN1CCc2ccccc21)c1ccc(NC(=O)C2CC2)cc1. The molecule has 2 N–H and O–H groups in total. The van der Waals surface area contributed by atoms with Crippen molar-refractivity contribution < 1.29 is 9.59 Å². The molecule has 0 unspecified atom stereocenters. The number of hydrogen-bond donors (Lipinski definition) is 2. The molecule has 1 aliphatic carbocycles. The molecule has 0 bridgehead atoms. The van der Waals surface area contributed by atoms with E-state index in [1.54, 1.807) is 24.3 Å². The summed E-state index contributed by atoms with van der Waals surface area (Å²) in [7, 11) is 0. The van der Waals surface area contributed by atoms with E-state index in [4.69, 9.17) is 0 Å². The highest BCUT2D eigenvalue weighted by molar-refractivity contribution is 6.05. The molecule has 1 aliphatic heterocycles. The quantitative estimate of drug-likeness (QED) is 0.610. The number of nitrogens with zero attached hydrogens (tertiary/aromatic N) is 1. The molecule has 0 aromatic heterocycles. The average molecular weight is 412 g/mol. The van der Waals surface area contributed by atoms with E-state index in [-0.39, 0.29) is 17.7 Å². The average Bonchev–Trinajstić information content (AvgIpc) is 3.57. The fraction of sp³-hybridized carbons (Fsp3) is 0.231. The van der Waals surface area contributed by atoms with Gasteiger partial charge < -0.3 is 15.5 Å². The molecule has 2 amide bonds. The van der Waals surface area contributed by atoms with Crippen LogP contribution in [0, 0.1) is 5.92 Å². The third-order valence-electron chi connectivity index (χ3n) is 5.97. The van der Waals surface area contributed by atoms with Gasteiger partial charge in [-0.3, -0.25) is 9.59 Å².